The Hall–Kier alpha value is -1.02. The normalized spacial score (nSPS) is 18.0. The second-order valence-electron chi connectivity index (χ2n) is 4.55. The smallest absolute Gasteiger partial charge is 0.0340 e. The summed E-state index contributed by atoms with van der Waals surface area (Å²) in [5.41, 5.74) is 1.23. The van der Waals surface area contributed by atoms with E-state index < -0.39 is 0 Å². The first kappa shape index (κ1) is 11.5. The molecule has 1 heterocycles. The third kappa shape index (κ3) is 3.86. The first-order valence-electron chi connectivity index (χ1n) is 6.46. The average Bonchev–Trinajstić information content (AvgIpc) is 2.59. The lowest BCUT2D eigenvalue weighted by Crippen LogP contribution is -2.29. The van der Waals surface area contributed by atoms with Gasteiger partial charge < -0.3 is 10.2 Å². The summed E-state index contributed by atoms with van der Waals surface area (Å²) in [5.74, 6) is 0. The lowest BCUT2D eigenvalue weighted by Gasteiger charge is -2.20. The molecule has 0 aliphatic carbocycles. The van der Waals surface area contributed by atoms with Crippen molar-refractivity contribution in [1.29, 1.82) is 0 Å². The second-order valence-corrected chi connectivity index (χ2v) is 4.55. The predicted octanol–water partition coefficient (Wildman–Crippen LogP) is 2.97. The molecule has 0 atom stereocenters. The molecule has 0 radical (unpaired) electrons. The molecule has 0 saturated carbocycles. The molecule has 1 aliphatic rings. The number of nitrogens with one attached hydrogen (secondary N) is 1. The Morgan fingerprint density at radius 2 is 1.62 bits per heavy atom. The number of rotatable bonds is 4. The molecule has 1 N–H and O–H groups in total. The van der Waals surface area contributed by atoms with E-state index in [2.05, 4.69) is 40.5 Å². The van der Waals surface area contributed by atoms with Crippen molar-refractivity contribution in [3.63, 3.8) is 0 Å². The molecule has 2 rings (SSSR count). The SMILES string of the molecule is c1ccc(NCCN2CCCCCC2)cc1. The van der Waals surface area contributed by atoms with E-state index in [1.807, 2.05) is 0 Å². The Labute approximate surface area is 98.7 Å². The zero-order valence-electron chi connectivity index (χ0n) is 9.99. The van der Waals surface area contributed by atoms with E-state index in [0.29, 0.717) is 0 Å². The molecule has 1 fully saturated rings. The lowest BCUT2D eigenvalue weighted by atomic mass is 10.2. The highest BCUT2D eigenvalue weighted by atomic mass is 15.1. The van der Waals surface area contributed by atoms with Crippen molar-refractivity contribution < 1.29 is 0 Å². The predicted molar refractivity (Wildman–Crippen MR) is 69.8 cm³/mol. The molecule has 2 nitrogen and oxygen atoms in total. The van der Waals surface area contributed by atoms with Crippen LogP contribution in [0.15, 0.2) is 30.3 Å². The van der Waals surface area contributed by atoms with Crippen molar-refractivity contribution in [2.45, 2.75) is 25.7 Å². The van der Waals surface area contributed by atoms with Crippen LogP contribution in [0.25, 0.3) is 0 Å². The summed E-state index contributed by atoms with van der Waals surface area (Å²) in [6.07, 6.45) is 5.60. The minimum atomic E-state index is 1.06. The van der Waals surface area contributed by atoms with Crippen LogP contribution < -0.4 is 5.32 Å². The van der Waals surface area contributed by atoms with E-state index in [1.165, 1.54) is 51.0 Å². The summed E-state index contributed by atoms with van der Waals surface area (Å²) in [6.45, 7) is 4.81. The Morgan fingerprint density at radius 3 is 2.31 bits per heavy atom. The number of hydrogen-bond donors (Lipinski definition) is 1. The Kier molecular flexibility index (Phi) is 4.69. The number of anilines is 1. The van der Waals surface area contributed by atoms with Gasteiger partial charge in [0.05, 0.1) is 0 Å². The average molecular weight is 218 g/mol. The Morgan fingerprint density at radius 1 is 0.938 bits per heavy atom. The molecule has 0 spiro atoms. The number of nitrogens with zero attached hydrogens (tertiary/aromatic N) is 1. The fourth-order valence-electron chi connectivity index (χ4n) is 2.27. The molecular formula is C14H22N2. The van der Waals surface area contributed by atoms with E-state index in [-0.39, 0.29) is 0 Å². The third-order valence-corrected chi connectivity index (χ3v) is 3.23. The zero-order chi connectivity index (χ0) is 11.1. The largest absolute Gasteiger partial charge is 0.384 e. The van der Waals surface area contributed by atoms with Gasteiger partial charge >= 0.3 is 0 Å². The van der Waals surface area contributed by atoms with Crippen molar-refractivity contribution in [1.82, 2.24) is 4.90 Å². The Bertz CT molecular complexity index is 276. The molecule has 0 amide bonds. The van der Waals surface area contributed by atoms with Gasteiger partial charge in [-0.2, -0.15) is 0 Å². The molecular weight excluding hydrogens is 196 g/mol. The van der Waals surface area contributed by atoms with Crippen LogP contribution in [0.4, 0.5) is 5.69 Å². The van der Waals surface area contributed by atoms with Crippen LogP contribution in [0.3, 0.4) is 0 Å². The number of para-hydroxylation sites is 1. The number of benzene rings is 1. The zero-order valence-corrected chi connectivity index (χ0v) is 9.99. The summed E-state index contributed by atoms with van der Waals surface area (Å²) >= 11 is 0. The number of hydrogen-bond acceptors (Lipinski definition) is 2. The topological polar surface area (TPSA) is 15.3 Å². The summed E-state index contributed by atoms with van der Waals surface area (Å²) in [5, 5.41) is 3.47. The standard InChI is InChI=1S/C14H22N2/c1-2-7-12-16(11-6-1)13-10-15-14-8-4-3-5-9-14/h3-5,8-9,15H,1-2,6-7,10-13H2. The lowest BCUT2D eigenvalue weighted by molar-refractivity contribution is 0.296. The van der Waals surface area contributed by atoms with Gasteiger partial charge in [0.2, 0.25) is 0 Å². The first-order chi connectivity index (χ1) is 7.95. The van der Waals surface area contributed by atoms with Crippen molar-refractivity contribution in [2.24, 2.45) is 0 Å². The van der Waals surface area contributed by atoms with Crippen molar-refractivity contribution in [2.75, 3.05) is 31.5 Å². The van der Waals surface area contributed by atoms with E-state index in [4.69, 9.17) is 0 Å². The monoisotopic (exact) mass is 218 g/mol. The van der Waals surface area contributed by atoms with Crippen LogP contribution in [0, 0.1) is 0 Å². The molecule has 1 aromatic carbocycles. The van der Waals surface area contributed by atoms with Crippen molar-refractivity contribution >= 4 is 5.69 Å². The van der Waals surface area contributed by atoms with Gasteiger partial charge in [0, 0.05) is 18.8 Å². The maximum absolute atomic E-state index is 3.47. The van der Waals surface area contributed by atoms with Gasteiger partial charge in [-0.15, -0.1) is 0 Å². The van der Waals surface area contributed by atoms with Crippen LogP contribution in [0.5, 0.6) is 0 Å². The minimum Gasteiger partial charge on any atom is -0.384 e. The van der Waals surface area contributed by atoms with Crippen LogP contribution in [-0.2, 0) is 0 Å². The van der Waals surface area contributed by atoms with E-state index in [9.17, 15) is 0 Å². The van der Waals surface area contributed by atoms with Gasteiger partial charge in [0.25, 0.3) is 0 Å². The van der Waals surface area contributed by atoms with Gasteiger partial charge in [0.1, 0.15) is 0 Å². The quantitative estimate of drug-likeness (QED) is 0.836. The number of likely N-dealkylation sites (tertiary alicyclic amines) is 1. The van der Waals surface area contributed by atoms with Gasteiger partial charge in [-0.25, -0.2) is 0 Å². The van der Waals surface area contributed by atoms with Crippen LogP contribution in [0.2, 0.25) is 0 Å². The summed E-state index contributed by atoms with van der Waals surface area (Å²) in [7, 11) is 0. The van der Waals surface area contributed by atoms with Gasteiger partial charge in [-0.1, -0.05) is 31.0 Å². The highest BCUT2D eigenvalue weighted by Crippen LogP contribution is 2.09. The summed E-state index contributed by atoms with van der Waals surface area (Å²) in [4.78, 5) is 2.59. The molecule has 2 heteroatoms. The summed E-state index contributed by atoms with van der Waals surface area (Å²) < 4.78 is 0. The van der Waals surface area contributed by atoms with E-state index >= 15 is 0 Å². The second kappa shape index (κ2) is 6.54. The minimum absolute atomic E-state index is 1.06. The Balaban J connectivity index is 1.67. The molecule has 0 aromatic heterocycles. The molecule has 88 valence electrons. The van der Waals surface area contributed by atoms with E-state index in [1.54, 1.807) is 0 Å². The summed E-state index contributed by atoms with van der Waals surface area (Å²) in [6, 6.07) is 10.5. The van der Waals surface area contributed by atoms with Gasteiger partial charge in [-0.05, 0) is 38.1 Å². The molecule has 1 aromatic rings. The van der Waals surface area contributed by atoms with Crippen molar-refractivity contribution in [3.8, 4) is 0 Å². The fourth-order valence-corrected chi connectivity index (χ4v) is 2.27. The molecule has 1 aliphatic heterocycles. The van der Waals surface area contributed by atoms with Gasteiger partial charge in [-0.3, -0.25) is 0 Å². The molecule has 0 unspecified atom stereocenters. The van der Waals surface area contributed by atoms with Crippen LogP contribution in [-0.4, -0.2) is 31.1 Å². The molecule has 1 saturated heterocycles. The van der Waals surface area contributed by atoms with E-state index in [0.717, 1.165) is 6.54 Å². The van der Waals surface area contributed by atoms with Gasteiger partial charge in [0.15, 0.2) is 0 Å². The highest BCUT2D eigenvalue weighted by molar-refractivity contribution is 5.42. The fraction of sp³-hybridized carbons (Fsp3) is 0.571. The highest BCUT2D eigenvalue weighted by Gasteiger charge is 2.07. The molecule has 0 bridgehead atoms. The van der Waals surface area contributed by atoms with Crippen LogP contribution >= 0.6 is 0 Å². The molecule has 16 heavy (non-hydrogen) atoms. The maximum atomic E-state index is 3.47. The first-order valence-corrected chi connectivity index (χ1v) is 6.46. The van der Waals surface area contributed by atoms with Crippen molar-refractivity contribution in [3.05, 3.63) is 30.3 Å². The maximum Gasteiger partial charge on any atom is 0.0340 e. The third-order valence-electron chi connectivity index (χ3n) is 3.23. The van der Waals surface area contributed by atoms with Crippen LogP contribution in [0.1, 0.15) is 25.7 Å².